The Kier molecular flexibility index (Phi) is 4.34. The van der Waals surface area contributed by atoms with Gasteiger partial charge in [-0.3, -0.25) is 9.59 Å². The van der Waals surface area contributed by atoms with E-state index in [1.807, 2.05) is 12.1 Å². The van der Waals surface area contributed by atoms with Crippen molar-refractivity contribution < 1.29 is 14.3 Å². The molecular formula is C22H30N2O3. The molecule has 3 aliphatic rings. The van der Waals surface area contributed by atoms with E-state index in [1.165, 1.54) is 18.9 Å². The third-order valence-corrected chi connectivity index (χ3v) is 7.41. The fourth-order valence-corrected chi connectivity index (χ4v) is 6.28. The molecule has 2 aliphatic carbocycles. The molecule has 2 bridgehead atoms. The van der Waals surface area contributed by atoms with E-state index in [-0.39, 0.29) is 34.8 Å². The van der Waals surface area contributed by atoms with Crippen LogP contribution in [-0.4, -0.2) is 24.5 Å². The third kappa shape index (κ3) is 2.87. The van der Waals surface area contributed by atoms with Crippen LogP contribution in [0.4, 0.5) is 5.69 Å². The second-order valence-corrected chi connectivity index (χ2v) is 9.28. The van der Waals surface area contributed by atoms with Gasteiger partial charge in [-0.1, -0.05) is 26.0 Å². The molecule has 5 heteroatoms. The van der Waals surface area contributed by atoms with Gasteiger partial charge < -0.3 is 15.4 Å². The number of benzene rings is 1. The Morgan fingerprint density at radius 1 is 1.11 bits per heavy atom. The van der Waals surface area contributed by atoms with Crippen molar-refractivity contribution in [1.82, 2.24) is 5.32 Å². The van der Waals surface area contributed by atoms with Crippen molar-refractivity contribution in [3.8, 4) is 0 Å². The van der Waals surface area contributed by atoms with Gasteiger partial charge in [-0.15, -0.1) is 0 Å². The first-order valence-electron chi connectivity index (χ1n) is 10.0. The van der Waals surface area contributed by atoms with Crippen LogP contribution in [0.2, 0.25) is 0 Å². The molecular weight excluding hydrogens is 340 g/mol. The highest BCUT2D eigenvalue weighted by molar-refractivity contribution is 5.88. The predicted octanol–water partition coefficient (Wildman–Crippen LogP) is 3.66. The van der Waals surface area contributed by atoms with Gasteiger partial charge in [-0.25, -0.2) is 0 Å². The molecule has 0 aromatic heterocycles. The number of carbonyl (C=O) groups is 2. The summed E-state index contributed by atoms with van der Waals surface area (Å²) >= 11 is 0. The predicted molar refractivity (Wildman–Crippen MR) is 104 cm³/mol. The maximum atomic E-state index is 11.9. The zero-order chi connectivity index (χ0) is 19.4. The lowest BCUT2D eigenvalue weighted by Gasteiger charge is -2.53. The summed E-state index contributed by atoms with van der Waals surface area (Å²) < 4.78 is 6.27. The molecule has 1 spiro atoms. The lowest BCUT2D eigenvalue weighted by molar-refractivity contribution is -0.136. The summed E-state index contributed by atoms with van der Waals surface area (Å²) in [5.41, 5.74) is 2.22. The van der Waals surface area contributed by atoms with Crippen molar-refractivity contribution in [2.75, 3.05) is 11.9 Å². The molecule has 1 aromatic carbocycles. The molecule has 1 heterocycles. The summed E-state index contributed by atoms with van der Waals surface area (Å²) in [4.78, 5) is 23.2. The molecule has 5 atom stereocenters. The van der Waals surface area contributed by atoms with E-state index in [4.69, 9.17) is 4.74 Å². The SMILES string of the molecule is CC(=O)Nc1ccc([C@H]2OCC[C@@]34C[C@@H](C[C@H]23)C(C)(C)[C@@H]4NC(C)=O)cc1. The minimum absolute atomic E-state index is 0.0579. The van der Waals surface area contributed by atoms with E-state index in [9.17, 15) is 9.59 Å². The summed E-state index contributed by atoms with van der Waals surface area (Å²) in [7, 11) is 0. The molecule has 2 amide bonds. The molecule has 1 aliphatic heterocycles. The minimum atomic E-state index is -0.0656. The minimum Gasteiger partial charge on any atom is -0.373 e. The summed E-state index contributed by atoms with van der Waals surface area (Å²) in [6, 6.07) is 8.24. The summed E-state index contributed by atoms with van der Waals surface area (Å²) in [6.45, 7) is 8.51. The Morgan fingerprint density at radius 2 is 1.81 bits per heavy atom. The first-order valence-corrected chi connectivity index (χ1v) is 10.0. The van der Waals surface area contributed by atoms with E-state index in [0.717, 1.165) is 25.1 Å². The number of anilines is 1. The Morgan fingerprint density at radius 3 is 2.44 bits per heavy atom. The van der Waals surface area contributed by atoms with Gasteiger partial charge in [-0.2, -0.15) is 0 Å². The number of rotatable bonds is 3. The average Bonchev–Trinajstić information content (AvgIpc) is 3.08. The highest BCUT2D eigenvalue weighted by Gasteiger charge is 2.68. The van der Waals surface area contributed by atoms with Crippen LogP contribution in [-0.2, 0) is 14.3 Å². The molecule has 4 rings (SSSR count). The molecule has 0 radical (unpaired) electrons. The standard InChI is InChI=1S/C22H30N2O3/c1-13(25)23-17-7-5-15(6-8-17)19-18-11-16-12-22(18,9-10-27-19)20(21(16,3)4)24-14(2)26/h5-8,16,18-20H,9-12H2,1-4H3,(H,23,25)(H,24,26)/t16-,18-,19-,20+,22-/m1/s1. The third-order valence-electron chi connectivity index (χ3n) is 7.41. The number of hydrogen-bond donors (Lipinski definition) is 2. The normalized spacial score (nSPS) is 36.1. The lowest BCUT2D eigenvalue weighted by Crippen LogP contribution is -2.58. The van der Waals surface area contributed by atoms with Gasteiger partial charge in [0, 0.05) is 32.2 Å². The lowest BCUT2D eigenvalue weighted by atomic mass is 9.59. The van der Waals surface area contributed by atoms with E-state index >= 15 is 0 Å². The second kappa shape index (κ2) is 6.33. The molecule has 5 nitrogen and oxygen atoms in total. The zero-order valence-corrected chi connectivity index (χ0v) is 16.7. The first-order chi connectivity index (χ1) is 12.7. The van der Waals surface area contributed by atoms with Crippen LogP contribution in [0.1, 0.15) is 58.6 Å². The van der Waals surface area contributed by atoms with Gasteiger partial charge >= 0.3 is 0 Å². The van der Waals surface area contributed by atoms with Crippen LogP contribution in [0, 0.1) is 22.7 Å². The largest absolute Gasteiger partial charge is 0.373 e. The second-order valence-electron chi connectivity index (χ2n) is 9.28. The Bertz CT molecular complexity index is 757. The number of fused-ring (bicyclic) bond motifs is 1. The molecule has 2 N–H and O–H groups in total. The number of carbonyl (C=O) groups excluding carboxylic acids is 2. The van der Waals surface area contributed by atoms with E-state index in [1.54, 1.807) is 6.92 Å². The van der Waals surface area contributed by atoms with Gasteiger partial charge in [0.25, 0.3) is 0 Å². The number of amides is 2. The monoisotopic (exact) mass is 370 g/mol. The van der Waals surface area contributed by atoms with Crippen LogP contribution in [0.3, 0.4) is 0 Å². The van der Waals surface area contributed by atoms with Crippen LogP contribution in [0.25, 0.3) is 0 Å². The van der Waals surface area contributed by atoms with Crippen LogP contribution in [0.15, 0.2) is 24.3 Å². The van der Waals surface area contributed by atoms with Crippen molar-refractivity contribution in [1.29, 1.82) is 0 Å². The highest BCUT2D eigenvalue weighted by Crippen LogP contribution is 2.70. The molecule has 0 unspecified atom stereocenters. The molecule has 3 fully saturated rings. The summed E-state index contributed by atoms with van der Waals surface area (Å²) in [5, 5.41) is 6.13. The summed E-state index contributed by atoms with van der Waals surface area (Å²) in [6.07, 6.45) is 3.41. The summed E-state index contributed by atoms with van der Waals surface area (Å²) in [5.74, 6) is 1.04. The fraction of sp³-hybridized carbons (Fsp3) is 0.636. The van der Waals surface area contributed by atoms with Crippen molar-refractivity contribution in [2.24, 2.45) is 22.7 Å². The Balaban J connectivity index is 1.63. The molecule has 146 valence electrons. The Hall–Kier alpha value is -1.88. The van der Waals surface area contributed by atoms with Crippen molar-refractivity contribution in [2.45, 2.75) is 59.1 Å². The Labute approximate surface area is 161 Å². The molecule has 1 aromatic rings. The molecule has 2 saturated carbocycles. The van der Waals surface area contributed by atoms with Gasteiger partial charge in [0.2, 0.25) is 11.8 Å². The zero-order valence-electron chi connectivity index (χ0n) is 16.7. The van der Waals surface area contributed by atoms with Gasteiger partial charge in [-0.05, 0) is 59.6 Å². The average molecular weight is 370 g/mol. The molecule has 27 heavy (non-hydrogen) atoms. The van der Waals surface area contributed by atoms with Gasteiger partial charge in [0.1, 0.15) is 0 Å². The fourth-order valence-electron chi connectivity index (χ4n) is 6.28. The van der Waals surface area contributed by atoms with E-state index < -0.39 is 0 Å². The first kappa shape index (κ1) is 18.5. The van der Waals surface area contributed by atoms with Gasteiger partial charge in [0.15, 0.2) is 0 Å². The number of hydrogen-bond acceptors (Lipinski definition) is 3. The van der Waals surface area contributed by atoms with Crippen LogP contribution >= 0.6 is 0 Å². The smallest absolute Gasteiger partial charge is 0.221 e. The van der Waals surface area contributed by atoms with Crippen molar-refractivity contribution in [3.05, 3.63) is 29.8 Å². The number of nitrogens with one attached hydrogen (secondary N) is 2. The quantitative estimate of drug-likeness (QED) is 0.853. The van der Waals surface area contributed by atoms with Crippen LogP contribution < -0.4 is 10.6 Å². The van der Waals surface area contributed by atoms with E-state index in [0.29, 0.717) is 11.8 Å². The van der Waals surface area contributed by atoms with E-state index in [2.05, 4.69) is 36.6 Å². The topological polar surface area (TPSA) is 67.4 Å². The van der Waals surface area contributed by atoms with Crippen molar-refractivity contribution >= 4 is 17.5 Å². The molecule has 1 saturated heterocycles. The highest BCUT2D eigenvalue weighted by atomic mass is 16.5. The maximum Gasteiger partial charge on any atom is 0.221 e. The maximum absolute atomic E-state index is 11.9. The number of ether oxygens (including phenoxy) is 1. The van der Waals surface area contributed by atoms with Crippen molar-refractivity contribution in [3.63, 3.8) is 0 Å². The van der Waals surface area contributed by atoms with Crippen LogP contribution in [0.5, 0.6) is 0 Å². The van der Waals surface area contributed by atoms with Gasteiger partial charge in [0.05, 0.1) is 6.10 Å².